The van der Waals surface area contributed by atoms with Crippen molar-refractivity contribution in [2.45, 2.75) is 58.4 Å². The van der Waals surface area contributed by atoms with E-state index in [2.05, 4.69) is 42.0 Å². The minimum atomic E-state index is -0.0468. The summed E-state index contributed by atoms with van der Waals surface area (Å²) in [4.78, 5) is 0. The number of benzene rings is 1. The summed E-state index contributed by atoms with van der Waals surface area (Å²) in [6, 6.07) is 5.87. The van der Waals surface area contributed by atoms with E-state index in [4.69, 9.17) is 0 Å². The first-order valence-corrected chi connectivity index (χ1v) is 8.98. The van der Waals surface area contributed by atoms with E-state index in [-0.39, 0.29) is 5.82 Å². The Kier molecular flexibility index (Phi) is 6.24. The van der Waals surface area contributed by atoms with Gasteiger partial charge in [-0.15, -0.1) is 0 Å². The molecule has 0 aromatic heterocycles. The Morgan fingerprint density at radius 2 is 2.10 bits per heavy atom. The summed E-state index contributed by atoms with van der Waals surface area (Å²) >= 11 is 3.49. The Bertz CT molecular complexity index is 461. The van der Waals surface area contributed by atoms with Crippen molar-refractivity contribution in [3.8, 4) is 0 Å². The van der Waals surface area contributed by atoms with Gasteiger partial charge in [-0.2, -0.15) is 0 Å². The van der Waals surface area contributed by atoms with Gasteiger partial charge in [-0.1, -0.05) is 49.5 Å². The number of rotatable bonds is 5. The lowest BCUT2D eigenvalue weighted by molar-refractivity contribution is 0.219. The lowest BCUT2D eigenvalue weighted by atomic mass is 9.70. The van der Waals surface area contributed by atoms with Crippen LogP contribution in [-0.2, 0) is 0 Å². The maximum atomic E-state index is 14.3. The highest BCUT2D eigenvalue weighted by Gasteiger charge is 2.32. The van der Waals surface area contributed by atoms with Crippen molar-refractivity contribution in [3.63, 3.8) is 0 Å². The van der Waals surface area contributed by atoms with Gasteiger partial charge in [0.1, 0.15) is 5.82 Å². The normalized spacial score (nSPS) is 26.3. The first kappa shape index (κ1) is 17.0. The van der Waals surface area contributed by atoms with E-state index < -0.39 is 0 Å². The molecule has 3 heteroatoms. The maximum Gasteiger partial charge on any atom is 0.126 e. The van der Waals surface area contributed by atoms with Gasteiger partial charge in [0.2, 0.25) is 0 Å². The summed E-state index contributed by atoms with van der Waals surface area (Å²) in [5.74, 6) is 1.57. The van der Waals surface area contributed by atoms with Crippen molar-refractivity contribution in [1.82, 2.24) is 5.32 Å². The van der Waals surface area contributed by atoms with Crippen molar-refractivity contribution in [2.75, 3.05) is 6.54 Å². The van der Waals surface area contributed by atoms with Crippen molar-refractivity contribution < 1.29 is 4.39 Å². The maximum absolute atomic E-state index is 14.3. The molecule has 3 atom stereocenters. The molecule has 2 rings (SSSR count). The Labute approximate surface area is 136 Å². The zero-order chi connectivity index (χ0) is 15.4. The number of hydrogen-bond acceptors (Lipinski definition) is 1. The molecule has 118 valence electrons. The lowest BCUT2D eigenvalue weighted by Crippen LogP contribution is -2.35. The zero-order valence-corrected chi connectivity index (χ0v) is 14.9. The topological polar surface area (TPSA) is 12.0 Å². The summed E-state index contributed by atoms with van der Waals surface area (Å²) in [5, 5.41) is 3.55. The molecule has 0 heterocycles. The Morgan fingerprint density at radius 3 is 2.76 bits per heavy atom. The first-order chi connectivity index (χ1) is 10.0. The van der Waals surface area contributed by atoms with Crippen molar-refractivity contribution >= 4 is 15.9 Å². The van der Waals surface area contributed by atoms with Crippen LogP contribution in [0, 0.1) is 17.7 Å². The van der Waals surface area contributed by atoms with E-state index in [0.29, 0.717) is 17.9 Å². The largest absolute Gasteiger partial charge is 0.314 e. The van der Waals surface area contributed by atoms with Gasteiger partial charge < -0.3 is 5.32 Å². The molecule has 0 radical (unpaired) electrons. The van der Waals surface area contributed by atoms with Gasteiger partial charge >= 0.3 is 0 Å². The molecule has 1 fully saturated rings. The molecule has 0 aliphatic heterocycles. The fourth-order valence-electron chi connectivity index (χ4n) is 3.50. The van der Waals surface area contributed by atoms with Gasteiger partial charge in [-0.05, 0) is 60.9 Å². The number of nitrogens with one attached hydrogen (secondary N) is 1. The predicted octanol–water partition coefficient (Wildman–Crippen LogP) is 5.50. The monoisotopic (exact) mass is 355 g/mol. The standard InChI is InChI=1S/C18H27BrFN/c1-4-13-5-6-14(11-21-12(2)3)16(9-13)17-10-15(19)7-8-18(17)20/h7-8,10,12-14,16,21H,4-6,9,11H2,1-3H3. The smallest absolute Gasteiger partial charge is 0.126 e. The third-order valence-electron chi connectivity index (χ3n) is 4.83. The molecular formula is C18H27BrFN. The number of halogens is 2. The van der Waals surface area contributed by atoms with E-state index in [1.165, 1.54) is 19.3 Å². The highest BCUT2D eigenvalue weighted by Crippen LogP contribution is 2.42. The lowest BCUT2D eigenvalue weighted by Gasteiger charge is -2.37. The quantitative estimate of drug-likeness (QED) is 0.735. The molecule has 1 aliphatic rings. The molecule has 1 nitrogen and oxygen atoms in total. The molecule has 1 N–H and O–H groups in total. The van der Waals surface area contributed by atoms with Gasteiger partial charge in [-0.3, -0.25) is 0 Å². The second-order valence-corrected chi connectivity index (χ2v) is 7.60. The molecule has 1 saturated carbocycles. The molecule has 1 aliphatic carbocycles. The highest BCUT2D eigenvalue weighted by molar-refractivity contribution is 9.10. The van der Waals surface area contributed by atoms with E-state index >= 15 is 0 Å². The van der Waals surface area contributed by atoms with Crippen LogP contribution in [0.2, 0.25) is 0 Å². The summed E-state index contributed by atoms with van der Waals surface area (Å²) in [6.45, 7) is 7.59. The van der Waals surface area contributed by atoms with Crippen molar-refractivity contribution in [1.29, 1.82) is 0 Å². The Hall–Kier alpha value is -0.410. The molecule has 0 spiro atoms. The van der Waals surface area contributed by atoms with Crippen LogP contribution in [0.3, 0.4) is 0 Å². The summed E-state index contributed by atoms with van der Waals surface area (Å²) in [6.07, 6.45) is 4.81. The predicted molar refractivity (Wildman–Crippen MR) is 91.1 cm³/mol. The first-order valence-electron chi connectivity index (χ1n) is 8.19. The second-order valence-electron chi connectivity index (χ2n) is 6.68. The van der Waals surface area contributed by atoms with Crippen LogP contribution < -0.4 is 5.32 Å². The van der Waals surface area contributed by atoms with Gasteiger partial charge in [-0.25, -0.2) is 4.39 Å². The van der Waals surface area contributed by atoms with Crippen LogP contribution in [0.15, 0.2) is 22.7 Å². The van der Waals surface area contributed by atoms with E-state index in [1.807, 2.05) is 6.07 Å². The van der Waals surface area contributed by atoms with Crippen molar-refractivity contribution in [3.05, 3.63) is 34.1 Å². The molecular weight excluding hydrogens is 329 g/mol. The molecule has 0 bridgehead atoms. The summed E-state index contributed by atoms with van der Waals surface area (Å²) in [7, 11) is 0. The van der Waals surface area contributed by atoms with Gasteiger partial charge in [0.05, 0.1) is 0 Å². The minimum absolute atomic E-state index is 0.0468. The third-order valence-corrected chi connectivity index (χ3v) is 5.32. The minimum Gasteiger partial charge on any atom is -0.314 e. The molecule has 3 unspecified atom stereocenters. The molecule has 1 aromatic carbocycles. The van der Waals surface area contributed by atoms with Crippen LogP contribution in [0.1, 0.15) is 57.9 Å². The van der Waals surface area contributed by atoms with Crippen LogP contribution >= 0.6 is 15.9 Å². The number of hydrogen-bond donors (Lipinski definition) is 1. The van der Waals surface area contributed by atoms with Crippen LogP contribution in [0.4, 0.5) is 4.39 Å². The summed E-state index contributed by atoms with van der Waals surface area (Å²) < 4.78 is 15.3. The second kappa shape index (κ2) is 7.73. The SMILES string of the molecule is CCC1CCC(CNC(C)C)C(c2cc(Br)ccc2F)C1. The van der Waals surface area contributed by atoms with Crippen LogP contribution in [-0.4, -0.2) is 12.6 Å². The average molecular weight is 356 g/mol. The van der Waals surface area contributed by atoms with E-state index in [0.717, 1.165) is 28.9 Å². The van der Waals surface area contributed by atoms with Crippen molar-refractivity contribution in [2.24, 2.45) is 11.8 Å². The zero-order valence-electron chi connectivity index (χ0n) is 13.3. The summed E-state index contributed by atoms with van der Waals surface area (Å²) in [5.41, 5.74) is 0.901. The van der Waals surface area contributed by atoms with Gasteiger partial charge in [0, 0.05) is 10.5 Å². The highest BCUT2D eigenvalue weighted by atomic mass is 79.9. The molecule has 0 saturated heterocycles. The van der Waals surface area contributed by atoms with Gasteiger partial charge in [0.25, 0.3) is 0 Å². The Balaban J connectivity index is 2.21. The Morgan fingerprint density at radius 1 is 1.33 bits per heavy atom. The molecule has 21 heavy (non-hydrogen) atoms. The molecule has 0 amide bonds. The van der Waals surface area contributed by atoms with E-state index in [1.54, 1.807) is 12.1 Å². The fourth-order valence-corrected chi connectivity index (χ4v) is 3.88. The fraction of sp³-hybridized carbons (Fsp3) is 0.667. The van der Waals surface area contributed by atoms with E-state index in [9.17, 15) is 4.39 Å². The third kappa shape index (κ3) is 4.53. The average Bonchev–Trinajstić information content (AvgIpc) is 2.47. The van der Waals surface area contributed by atoms with Gasteiger partial charge in [0.15, 0.2) is 0 Å². The molecule has 1 aromatic rings. The van der Waals surface area contributed by atoms with Crippen LogP contribution in [0.5, 0.6) is 0 Å². The van der Waals surface area contributed by atoms with Crippen LogP contribution in [0.25, 0.3) is 0 Å².